The van der Waals surface area contributed by atoms with E-state index in [0.29, 0.717) is 11.1 Å². The average Bonchev–Trinajstić information content (AvgIpc) is 3.41. The summed E-state index contributed by atoms with van der Waals surface area (Å²) in [7, 11) is 0. The van der Waals surface area contributed by atoms with E-state index in [1.54, 1.807) is 41.3 Å². The first-order valence-electron chi connectivity index (χ1n) is 9.06. The highest BCUT2D eigenvalue weighted by atomic mass is 16.5. The maximum atomic E-state index is 12.6. The first-order valence-corrected chi connectivity index (χ1v) is 9.06. The smallest absolute Gasteiger partial charge is 0.338 e. The van der Waals surface area contributed by atoms with Gasteiger partial charge in [0, 0.05) is 35.1 Å². The molecule has 0 radical (unpaired) electrons. The minimum Gasteiger partial charge on any atom is -0.454 e. The molecule has 28 heavy (non-hydrogen) atoms. The topological polar surface area (TPSA) is 77.0 Å². The molecule has 1 N–H and O–H groups in total. The van der Waals surface area contributed by atoms with Gasteiger partial charge >= 0.3 is 5.97 Å². The van der Waals surface area contributed by atoms with E-state index in [9.17, 15) is 9.59 Å². The molecule has 0 aliphatic heterocycles. The van der Waals surface area contributed by atoms with Crippen LogP contribution in [0.5, 0.6) is 0 Å². The lowest BCUT2D eigenvalue weighted by Crippen LogP contribution is -2.14. The van der Waals surface area contributed by atoms with Gasteiger partial charge in [0.05, 0.1) is 11.3 Å². The van der Waals surface area contributed by atoms with Gasteiger partial charge < -0.3 is 9.72 Å². The number of hydrogen-bond acceptors (Lipinski definition) is 4. The van der Waals surface area contributed by atoms with Crippen molar-refractivity contribution in [2.75, 3.05) is 6.61 Å². The molecule has 6 nitrogen and oxygen atoms in total. The summed E-state index contributed by atoms with van der Waals surface area (Å²) in [4.78, 5) is 28.0. The second kappa shape index (κ2) is 7.52. The number of para-hydroxylation sites is 1. The molecule has 0 aliphatic rings. The zero-order chi connectivity index (χ0) is 19.5. The Balaban J connectivity index is 1.44. The molecule has 0 fully saturated rings. The number of aromatic amines is 1. The van der Waals surface area contributed by atoms with Crippen molar-refractivity contribution in [2.24, 2.45) is 0 Å². The highest BCUT2D eigenvalue weighted by Crippen LogP contribution is 2.22. The maximum Gasteiger partial charge on any atom is 0.338 e. The normalized spacial score (nSPS) is 10.9. The number of benzene rings is 2. The Morgan fingerprint density at radius 3 is 2.64 bits per heavy atom. The van der Waals surface area contributed by atoms with Gasteiger partial charge in [-0.25, -0.2) is 9.48 Å². The molecule has 0 bridgehead atoms. The van der Waals surface area contributed by atoms with Crippen LogP contribution >= 0.6 is 0 Å². The van der Waals surface area contributed by atoms with Gasteiger partial charge in [-0.2, -0.15) is 5.10 Å². The Kier molecular flexibility index (Phi) is 4.76. The van der Waals surface area contributed by atoms with Crippen LogP contribution in [-0.4, -0.2) is 33.1 Å². The standard InChI is InChI=1S/C22H19N3O3/c1-2-15-5-3-6-18-19(13-23-21(15)18)20(26)14-28-22(27)16-7-9-17(10-8-16)25-12-4-11-24-25/h3-13,23H,2,14H2,1H3. The molecule has 2 aromatic carbocycles. The first kappa shape index (κ1) is 17.7. The van der Waals surface area contributed by atoms with Crippen LogP contribution in [0, 0.1) is 0 Å². The van der Waals surface area contributed by atoms with E-state index in [1.165, 1.54) is 0 Å². The molecule has 0 aliphatic carbocycles. The predicted molar refractivity (Wildman–Crippen MR) is 106 cm³/mol. The van der Waals surface area contributed by atoms with Gasteiger partial charge in [-0.15, -0.1) is 0 Å². The number of H-pyrrole nitrogens is 1. The number of nitrogens with one attached hydrogen (secondary N) is 1. The Morgan fingerprint density at radius 2 is 1.93 bits per heavy atom. The van der Waals surface area contributed by atoms with Gasteiger partial charge in [0.1, 0.15) is 0 Å². The van der Waals surface area contributed by atoms with Crippen molar-refractivity contribution in [3.8, 4) is 5.69 Å². The summed E-state index contributed by atoms with van der Waals surface area (Å²) in [6.07, 6.45) is 6.05. The zero-order valence-electron chi connectivity index (χ0n) is 15.4. The number of ketones is 1. The third kappa shape index (κ3) is 3.32. The number of carbonyl (C=O) groups is 2. The highest BCUT2D eigenvalue weighted by Gasteiger charge is 2.16. The Hall–Kier alpha value is -3.67. The number of hydrogen-bond donors (Lipinski definition) is 1. The van der Waals surface area contributed by atoms with Crippen molar-refractivity contribution >= 4 is 22.7 Å². The molecule has 0 amide bonds. The molecule has 0 saturated heterocycles. The van der Waals surface area contributed by atoms with Crippen molar-refractivity contribution < 1.29 is 14.3 Å². The third-order valence-electron chi connectivity index (χ3n) is 4.69. The van der Waals surface area contributed by atoms with Crippen LogP contribution in [0.15, 0.2) is 67.1 Å². The molecular formula is C22H19N3O3. The minimum atomic E-state index is -0.533. The molecular weight excluding hydrogens is 354 g/mol. The van der Waals surface area contributed by atoms with E-state index in [-0.39, 0.29) is 12.4 Å². The second-order valence-electron chi connectivity index (χ2n) is 6.39. The molecule has 0 spiro atoms. The van der Waals surface area contributed by atoms with Gasteiger partial charge in [-0.05, 0) is 42.3 Å². The third-order valence-corrected chi connectivity index (χ3v) is 4.69. The van der Waals surface area contributed by atoms with Crippen molar-refractivity contribution in [2.45, 2.75) is 13.3 Å². The van der Waals surface area contributed by atoms with Crippen molar-refractivity contribution in [3.05, 3.63) is 83.8 Å². The van der Waals surface area contributed by atoms with E-state index >= 15 is 0 Å². The van der Waals surface area contributed by atoms with Gasteiger partial charge in [0.25, 0.3) is 0 Å². The fraction of sp³-hybridized carbons (Fsp3) is 0.136. The number of esters is 1. The molecule has 4 aromatic rings. The Bertz CT molecular complexity index is 1130. The largest absolute Gasteiger partial charge is 0.454 e. The number of aryl methyl sites for hydroxylation is 1. The van der Waals surface area contributed by atoms with Crippen molar-refractivity contribution in [1.29, 1.82) is 0 Å². The van der Waals surface area contributed by atoms with E-state index < -0.39 is 5.97 Å². The molecule has 0 unspecified atom stereocenters. The number of rotatable bonds is 6. The molecule has 6 heteroatoms. The van der Waals surface area contributed by atoms with Crippen molar-refractivity contribution in [3.63, 3.8) is 0 Å². The van der Waals surface area contributed by atoms with E-state index in [4.69, 9.17) is 4.74 Å². The summed E-state index contributed by atoms with van der Waals surface area (Å²) in [5, 5.41) is 4.99. The van der Waals surface area contributed by atoms with Crippen LogP contribution in [0.4, 0.5) is 0 Å². The van der Waals surface area contributed by atoms with E-state index in [0.717, 1.165) is 28.6 Å². The van der Waals surface area contributed by atoms with E-state index in [1.807, 2.05) is 30.5 Å². The van der Waals surface area contributed by atoms with Crippen molar-refractivity contribution in [1.82, 2.24) is 14.8 Å². The number of aromatic nitrogens is 3. The van der Waals surface area contributed by atoms with Crippen LogP contribution in [0.25, 0.3) is 16.6 Å². The van der Waals surface area contributed by atoms with Crippen LogP contribution in [-0.2, 0) is 11.2 Å². The van der Waals surface area contributed by atoms with Gasteiger partial charge in [0.15, 0.2) is 6.61 Å². The number of carbonyl (C=O) groups excluding carboxylic acids is 2. The maximum absolute atomic E-state index is 12.6. The SMILES string of the molecule is CCc1cccc2c(C(=O)COC(=O)c3ccc(-n4cccn4)cc3)c[nH]c12. The Morgan fingerprint density at radius 1 is 1.11 bits per heavy atom. The molecule has 0 saturated carbocycles. The summed E-state index contributed by atoms with van der Waals surface area (Å²) in [5.41, 5.74) is 3.85. The lowest BCUT2D eigenvalue weighted by molar-refractivity contribution is 0.0475. The summed E-state index contributed by atoms with van der Waals surface area (Å²) in [5.74, 6) is -0.768. The molecule has 0 atom stereocenters. The quantitative estimate of drug-likeness (QED) is 0.410. The summed E-state index contributed by atoms with van der Waals surface area (Å²) in [6.45, 7) is 1.76. The lowest BCUT2D eigenvalue weighted by atomic mass is 10.1. The van der Waals surface area contributed by atoms with Crippen LogP contribution in [0.1, 0.15) is 33.2 Å². The lowest BCUT2D eigenvalue weighted by Gasteiger charge is -2.06. The van der Waals surface area contributed by atoms with Crippen LogP contribution < -0.4 is 0 Å². The molecule has 2 heterocycles. The number of fused-ring (bicyclic) bond motifs is 1. The van der Waals surface area contributed by atoms with Crippen LogP contribution in [0.3, 0.4) is 0 Å². The number of ether oxygens (including phenoxy) is 1. The molecule has 140 valence electrons. The predicted octanol–water partition coefficient (Wildman–Crippen LogP) is 3.96. The fourth-order valence-electron chi connectivity index (χ4n) is 3.21. The highest BCUT2D eigenvalue weighted by molar-refractivity contribution is 6.09. The Labute approximate surface area is 161 Å². The van der Waals surface area contributed by atoms with Gasteiger partial charge in [0.2, 0.25) is 5.78 Å². The average molecular weight is 373 g/mol. The summed E-state index contributed by atoms with van der Waals surface area (Å²) < 4.78 is 6.92. The second-order valence-corrected chi connectivity index (χ2v) is 6.39. The molecule has 4 rings (SSSR count). The molecule has 2 aromatic heterocycles. The van der Waals surface area contributed by atoms with Gasteiger partial charge in [-0.1, -0.05) is 25.1 Å². The van der Waals surface area contributed by atoms with E-state index in [2.05, 4.69) is 17.0 Å². The van der Waals surface area contributed by atoms with Gasteiger partial charge in [-0.3, -0.25) is 4.79 Å². The van der Waals surface area contributed by atoms with Crippen LogP contribution in [0.2, 0.25) is 0 Å². The number of nitrogens with zero attached hydrogens (tertiary/aromatic N) is 2. The fourth-order valence-corrected chi connectivity index (χ4v) is 3.21. The number of Topliss-reactive ketones (excluding diaryl/α,β-unsaturated/α-hetero) is 1. The summed E-state index contributed by atoms with van der Waals surface area (Å²) >= 11 is 0. The monoisotopic (exact) mass is 373 g/mol. The summed E-state index contributed by atoms with van der Waals surface area (Å²) in [6, 6.07) is 14.5. The first-order chi connectivity index (χ1) is 13.7. The minimum absolute atomic E-state index is 0.235. The zero-order valence-corrected chi connectivity index (χ0v) is 15.4.